The molecule has 118 valence electrons. The number of carbonyl (C=O) groups excluding carboxylic acids is 1. The molecule has 0 fully saturated rings. The maximum Gasteiger partial charge on any atom is 0.226 e. The van der Waals surface area contributed by atoms with Gasteiger partial charge < -0.3 is 9.73 Å². The molecule has 4 heterocycles. The molecule has 0 spiro atoms. The summed E-state index contributed by atoms with van der Waals surface area (Å²) in [6.45, 7) is 0. The molecule has 1 unspecified atom stereocenters. The van der Waals surface area contributed by atoms with E-state index in [2.05, 4.69) is 24.3 Å². The number of carbonyl (C=O) groups is 1. The van der Waals surface area contributed by atoms with E-state index in [9.17, 15) is 4.79 Å². The summed E-state index contributed by atoms with van der Waals surface area (Å²) in [6, 6.07) is 9.55. The minimum atomic E-state index is -0.153. The minimum absolute atomic E-state index is 0.0646. The molecule has 1 aliphatic heterocycles. The lowest BCUT2D eigenvalue weighted by molar-refractivity contribution is -0.116. The Kier molecular flexibility index (Phi) is 2.80. The summed E-state index contributed by atoms with van der Waals surface area (Å²) in [7, 11) is 0. The van der Waals surface area contributed by atoms with Gasteiger partial charge in [0.15, 0.2) is 11.6 Å². The third kappa shape index (κ3) is 1.89. The van der Waals surface area contributed by atoms with Crippen LogP contribution in [0.25, 0.3) is 22.5 Å². The van der Waals surface area contributed by atoms with Gasteiger partial charge in [-0.25, -0.2) is 0 Å². The number of hydrogen-bond donors (Lipinski definition) is 2. The van der Waals surface area contributed by atoms with Gasteiger partial charge in [-0.05, 0) is 23.8 Å². The number of aromatic nitrogens is 4. The van der Waals surface area contributed by atoms with Crippen LogP contribution in [0.5, 0.6) is 0 Å². The van der Waals surface area contributed by atoms with Gasteiger partial charge in [0, 0.05) is 17.9 Å². The van der Waals surface area contributed by atoms with Crippen molar-refractivity contribution in [2.75, 3.05) is 5.32 Å². The fourth-order valence-corrected chi connectivity index (χ4v) is 3.79. The van der Waals surface area contributed by atoms with Crippen LogP contribution in [0.15, 0.2) is 41.0 Å². The van der Waals surface area contributed by atoms with Gasteiger partial charge in [0.2, 0.25) is 5.91 Å². The third-order valence-electron chi connectivity index (χ3n) is 4.26. The Bertz CT molecular complexity index is 1050. The van der Waals surface area contributed by atoms with E-state index in [1.807, 2.05) is 30.3 Å². The van der Waals surface area contributed by atoms with Gasteiger partial charge in [-0.15, -0.1) is 0 Å². The number of nitrogens with one attached hydrogen (secondary N) is 2. The number of aromatic amines is 1. The highest BCUT2D eigenvalue weighted by Crippen LogP contribution is 2.43. The molecule has 0 bridgehead atoms. The van der Waals surface area contributed by atoms with Crippen molar-refractivity contribution >= 4 is 34.5 Å². The summed E-state index contributed by atoms with van der Waals surface area (Å²) in [5.74, 6) is 1.02. The first-order valence-electron chi connectivity index (χ1n) is 7.44. The highest BCUT2D eigenvalue weighted by molar-refractivity contribution is 7.00. The maximum absolute atomic E-state index is 12.2. The Labute approximate surface area is 140 Å². The fraction of sp³-hybridized carbons (Fsp3) is 0.125. The Morgan fingerprint density at radius 1 is 1.21 bits per heavy atom. The molecule has 1 atom stereocenters. The highest BCUT2D eigenvalue weighted by Gasteiger charge is 2.34. The van der Waals surface area contributed by atoms with Gasteiger partial charge in [-0.1, -0.05) is 12.1 Å². The van der Waals surface area contributed by atoms with Crippen molar-refractivity contribution in [3.63, 3.8) is 0 Å². The predicted molar refractivity (Wildman–Crippen MR) is 88.8 cm³/mol. The van der Waals surface area contributed by atoms with E-state index in [0.29, 0.717) is 18.0 Å². The van der Waals surface area contributed by atoms with Gasteiger partial charge in [0.1, 0.15) is 16.7 Å². The number of benzene rings is 1. The second-order valence-corrected chi connectivity index (χ2v) is 6.15. The molecular formula is C16H11N5O2S. The zero-order valence-electron chi connectivity index (χ0n) is 12.3. The standard InChI is InChI=1S/C16H11N5O2S/c22-12-7-9(8-3-1-4-10-14(8)21-24-20-10)13-15(11-5-2-6-23-11)18-19-16(13)17-12/h1-6,9H,7H2,(H2,17,18,19,22). The molecule has 3 aromatic heterocycles. The molecule has 2 N–H and O–H groups in total. The van der Waals surface area contributed by atoms with Crippen LogP contribution in [0.2, 0.25) is 0 Å². The number of anilines is 1. The predicted octanol–water partition coefficient (Wildman–Crippen LogP) is 3.15. The van der Waals surface area contributed by atoms with Crippen molar-refractivity contribution in [2.24, 2.45) is 0 Å². The van der Waals surface area contributed by atoms with E-state index in [0.717, 1.165) is 27.9 Å². The zero-order valence-corrected chi connectivity index (χ0v) is 13.1. The first-order chi connectivity index (χ1) is 11.8. The second-order valence-electron chi connectivity index (χ2n) is 5.62. The molecule has 1 aliphatic rings. The molecule has 1 aromatic carbocycles. The molecule has 1 amide bonds. The average Bonchev–Trinajstić information content (AvgIpc) is 3.32. The quantitative estimate of drug-likeness (QED) is 0.586. The molecule has 5 rings (SSSR count). The monoisotopic (exact) mass is 337 g/mol. The number of hydrogen-bond acceptors (Lipinski definition) is 6. The lowest BCUT2D eigenvalue weighted by atomic mass is 9.84. The zero-order chi connectivity index (χ0) is 16.1. The minimum Gasteiger partial charge on any atom is -0.463 e. The summed E-state index contributed by atoms with van der Waals surface area (Å²) in [5, 5.41) is 10.1. The van der Waals surface area contributed by atoms with Crippen LogP contribution in [-0.2, 0) is 4.79 Å². The van der Waals surface area contributed by atoms with E-state index in [1.54, 1.807) is 6.26 Å². The van der Waals surface area contributed by atoms with Gasteiger partial charge in [-0.3, -0.25) is 9.89 Å². The SMILES string of the molecule is O=C1CC(c2cccc3nsnc23)c2c(n[nH]c2-c2ccco2)N1. The second kappa shape index (κ2) is 5.00. The van der Waals surface area contributed by atoms with E-state index < -0.39 is 0 Å². The van der Waals surface area contributed by atoms with E-state index >= 15 is 0 Å². The molecule has 24 heavy (non-hydrogen) atoms. The molecule has 0 saturated carbocycles. The number of rotatable bonds is 2. The van der Waals surface area contributed by atoms with Crippen molar-refractivity contribution in [1.29, 1.82) is 0 Å². The lowest BCUT2D eigenvalue weighted by Gasteiger charge is -2.23. The Hall–Kier alpha value is -3.00. The van der Waals surface area contributed by atoms with E-state index in [4.69, 9.17) is 4.42 Å². The smallest absolute Gasteiger partial charge is 0.226 e. The average molecular weight is 337 g/mol. The van der Waals surface area contributed by atoms with Crippen molar-refractivity contribution in [1.82, 2.24) is 18.9 Å². The van der Waals surface area contributed by atoms with E-state index in [1.165, 1.54) is 11.7 Å². The maximum atomic E-state index is 12.2. The summed E-state index contributed by atoms with van der Waals surface area (Å²) in [4.78, 5) is 12.2. The lowest BCUT2D eigenvalue weighted by Crippen LogP contribution is -2.23. The van der Waals surface area contributed by atoms with Crippen LogP contribution in [0.1, 0.15) is 23.5 Å². The summed E-state index contributed by atoms with van der Waals surface area (Å²) in [5.41, 5.74) is 4.35. The number of nitrogens with zero attached hydrogens (tertiary/aromatic N) is 3. The normalized spacial score (nSPS) is 17.0. The fourth-order valence-electron chi connectivity index (χ4n) is 3.24. The van der Waals surface area contributed by atoms with Crippen LogP contribution >= 0.6 is 11.7 Å². The van der Waals surface area contributed by atoms with Crippen molar-refractivity contribution in [3.05, 3.63) is 47.7 Å². The summed E-state index contributed by atoms with van der Waals surface area (Å²) >= 11 is 1.17. The van der Waals surface area contributed by atoms with Crippen LogP contribution in [-0.4, -0.2) is 24.9 Å². The molecule has 0 aliphatic carbocycles. The van der Waals surface area contributed by atoms with Crippen LogP contribution in [0.3, 0.4) is 0 Å². The first-order valence-corrected chi connectivity index (χ1v) is 8.17. The Morgan fingerprint density at radius 2 is 2.17 bits per heavy atom. The van der Waals surface area contributed by atoms with E-state index in [-0.39, 0.29) is 11.8 Å². The summed E-state index contributed by atoms with van der Waals surface area (Å²) in [6.07, 6.45) is 1.95. The number of furan rings is 1. The molecular weight excluding hydrogens is 326 g/mol. The van der Waals surface area contributed by atoms with Crippen molar-refractivity contribution < 1.29 is 9.21 Å². The Balaban J connectivity index is 1.75. The molecule has 0 saturated heterocycles. The topological polar surface area (TPSA) is 96.7 Å². The molecule has 0 radical (unpaired) electrons. The van der Waals surface area contributed by atoms with Crippen molar-refractivity contribution in [3.8, 4) is 11.5 Å². The van der Waals surface area contributed by atoms with Gasteiger partial charge >= 0.3 is 0 Å². The Morgan fingerprint density at radius 3 is 3.04 bits per heavy atom. The molecule has 7 nitrogen and oxygen atoms in total. The highest BCUT2D eigenvalue weighted by atomic mass is 32.1. The molecule has 4 aromatic rings. The largest absolute Gasteiger partial charge is 0.463 e. The third-order valence-corrected chi connectivity index (χ3v) is 4.80. The first kappa shape index (κ1) is 13.4. The van der Waals surface area contributed by atoms with Crippen LogP contribution in [0.4, 0.5) is 5.82 Å². The van der Waals surface area contributed by atoms with Crippen molar-refractivity contribution in [2.45, 2.75) is 12.3 Å². The van der Waals surface area contributed by atoms with Crippen LogP contribution < -0.4 is 5.32 Å². The van der Waals surface area contributed by atoms with Gasteiger partial charge in [0.25, 0.3) is 0 Å². The van der Waals surface area contributed by atoms with Crippen LogP contribution in [0, 0.1) is 0 Å². The summed E-state index contributed by atoms with van der Waals surface area (Å²) < 4.78 is 14.2. The molecule has 8 heteroatoms. The number of amides is 1. The number of fused-ring (bicyclic) bond motifs is 2. The van der Waals surface area contributed by atoms with Gasteiger partial charge in [0.05, 0.1) is 18.0 Å². The number of H-pyrrole nitrogens is 1. The van der Waals surface area contributed by atoms with Gasteiger partial charge in [-0.2, -0.15) is 13.8 Å².